The van der Waals surface area contributed by atoms with Gasteiger partial charge < -0.3 is 5.32 Å². The second-order valence-corrected chi connectivity index (χ2v) is 3.09. The Morgan fingerprint density at radius 1 is 1.59 bits per heavy atom. The lowest BCUT2D eigenvalue weighted by Gasteiger charge is -2.02. The minimum Gasteiger partial charge on any atom is -0.306 e. The molecular weight excluding hydrogens is 225 g/mol. The second-order valence-electron chi connectivity index (χ2n) is 3.09. The molecule has 2 aromatic heterocycles. The third-order valence-electron chi connectivity index (χ3n) is 1.99. The van der Waals surface area contributed by atoms with Crippen molar-refractivity contribution >= 4 is 11.7 Å². The van der Waals surface area contributed by atoms with Crippen molar-refractivity contribution in [1.29, 1.82) is 5.26 Å². The van der Waals surface area contributed by atoms with Crippen LogP contribution in [0.2, 0.25) is 0 Å². The van der Waals surface area contributed by atoms with Gasteiger partial charge in [-0.2, -0.15) is 14.8 Å². The van der Waals surface area contributed by atoms with Crippen molar-refractivity contribution in [2.45, 2.75) is 0 Å². The van der Waals surface area contributed by atoms with Gasteiger partial charge in [-0.25, -0.2) is 4.98 Å². The Morgan fingerprint density at radius 3 is 3.12 bits per heavy atom. The fraction of sp³-hybridized carbons (Fsp3) is 0. The fourth-order valence-electron chi connectivity index (χ4n) is 1.20. The third kappa shape index (κ3) is 2.26. The number of amides is 1. The maximum Gasteiger partial charge on any atom is 0.257 e. The van der Waals surface area contributed by atoms with Gasteiger partial charge in [-0.1, -0.05) is 0 Å². The molecule has 0 fully saturated rings. The van der Waals surface area contributed by atoms with Gasteiger partial charge in [0.15, 0.2) is 0 Å². The first kappa shape index (κ1) is 10.8. The van der Waals surface area contributed by atoms with Gasteiger partial charge in [-0.15, -0.1) is 0 Å². The van der Waals surface area contributed by atoms with E-state index in [0.717, 1.165) is 6.07 Å². The van der Waals surface area contributed by atoms with Gasteiger partial charge in [0.1, 0.15) is 17.5 Å². The lowest BCUT2D eigenvalue weighted by atomic mass is 10.2. The fourth-order valence-corrected chi connectivity index (χ4v) is 1.20. The molecule has 2 rings (SSSR count). The van der Waals surface area contributed by atoms with Gasteiger partial charge in [-0.3, -0.25) is 9.89 Å². The van der Waals surface area contributed by atoms with Crippen LogP contribution in [-0.2, 0) is 0 Å². The molecule has 0 aliphatic heterocycles. The summed E-state index contributed by atoms with van der Waals surface area (Å²) in [4.78, 5) is 15.0. The van der Waals surface area contributed by atoms with E-state index in [0.29, 0.717) is 0 Å². The van der Waals surface area contributed by atoms with Crippen molar-refractivity contribution in [2.75, 3.05) is 5.32 Å². The summed E-state index contributed by atoms with van der Waals surface area (Å²) in [6.45, 7) is 0. The molecule has 0 saturated heterocycles. The lowest BCUT2D eigenvalue weighted by Crippen LogP contribution is -2.13. The Kier molecular flexibility index (Phi) is 2.79. The molecular formula is C10H6FN5O. The number of anilines is 1. The van der Waals surface area contributed by atoms with E-state index >= 15 is 0 Å². The van der Waals surface area contributed by atoms with Crippen molar-refractivity contribution < 1.29 is 9.18 Å². The summed E-state index contributed by atoms with van der Waals surface area (Å²) in [5, 5.41) is 17.2. The summed E-state index contributed by atoms with van der Waals surface area (Å²) in [6, 6.07) is 4.21. The topological polar surface area (TPSA) is 94.5 Å². The van der Waals surface area contributed by atoms with Crippen LogP contribution in [-0.4, -0.2) is 21.1 Å². The highest BCUT2D eigenvalue weighted by Crippen LogP contribution is 2.11. The summed E-state index contributed by atoms with van der Waals surface area (Å²) in [5.41, 5.74) is 0.309. The number of pyridine rings is 1. The first-order valence-corrected chi connectivity index (χ1v) is 4.57. The van der Waals surface area contributed by atoms with Crippen LogP contribution >= 0.6 is 0 Å². The van der Waals surface area contributed by atoms with Gasteiger partial charge in [-0.05, 0) is 6.07 Å². The van der Waals surface area contributed by atoms with E-state index in [9.17, 15) is 9.18 Å². The summed E-state index contributed by atoms with van der Waals surface area (Å²) < 4.78 is 12.8. The predicted octanol–water partition coefficient (Wildman–Crippen LogP) is 1.07. The normalized spacial score (nSPS) is 9.65. The Morgan fingerprint density at radius 2 is 2.41 bits per heavy atom. The highest BCUT2D eigenvalue weighted by Gasteiger charge is 2.11. The maximum absolute atomic E-state index is 12.8. The van der Waals surface area contributed by atoms with Gasteiger partial charge in [0.25, 0.3) is 5.91 Å². The lowest BCUT2D eigenvalue weighted by molar-refractivity contribution is 0.102. The molecule has 2 heterocycles. The van der Waals surface area contributed by atoms with Crippen LogP contribution in [0.4, 0.5) is 10.2 Å². The zero-order valence-electron chi connectivity index (χ0n) is 8.44. The number of hydrogen-bond acceptors (Lipinski definition) is 4. The maximum atomic E-state index is 12.8. The number of nitriles is 1. The van der Waals surface area contributed by atoms with Crippen LogP contribution in [0.1, 0.15) is 15.9 Å². The van der Waals surface area contributed by atoms with Crippen LogP contribution in [0.5, 0.6) is 0 Å². The van der Waals surface area contributed by atoms with Crippen LogP contribution in [0.15, 0.2) is 24.5 Å². The van der Waals surface area contributed by atoms with Crippen molar-refractivity contribution in [3.8, 4) is 6.07 Å². The molecule has 0 bridgehead atoms. The molecule has 0 saturated carbocycles. The van der Waals surface area contributed by atoms with Gasteiger partial charge in [0.2, 0.25) is 5.95 Å². The number of carbonyl (C=O) groups is 1. The average Bonchev–Trinajstić information content (AvgIpc) is 2.76. The summed E-state index contributed by atoms with van der Waals surface area (Å²) in [6.07, 6.45) is 2.46. The van der Waals surface area contributed by atoms with Crippen LogP contribution in [0.25, 0.3) is 0 Å². The minimum absolute atomic E-state index is 0.107. The molecule has 0 atom stereocenters. The first-order valence-electron chi connectivity index (χ1n) is 4.57. The van der Waals surface area contributed by atoms with Crippen molar-refractivity contribution in [3.63, 3.8) is 0 Å². The number of aromatic amines is 1. The molecule has 0 unspecified atom stereocenters. The number of rotatable bonds is 2. The Bertz CT molecular complexity index is 601. The molecule has 2 N–H and O–H groups in total. The summed E-state index contributed by atoms with van der Waals surface area (Å²) >= 11 is 0. The molecule has 7 heteroatoms. The van der Waals surface area contributed by atoms with Gasteiger partial charge in [0.05, 0.1) is 6.20 Å². The molecule has 1 amide bonds. The monoisotopic (exact) mass is 231 g/mol. The van der Waals surface area contributed by atoms with Crippen molar-refractivity contribution in [3.05, 3.63) is 41.6 Å². The number of H-pyrrole nitrogens is 1. The van der Waals surface area contributed by atoms with Crippen LogP contribution in [0.3, 0.4) is 0 Å². The standard InChI is InChI=1S/C10H6FN5O/c11-8-3-6(1-2-13-8)10(17)15-9-7(4-12)5-14-16-9/h1-3,5H,(H2,14,15,16,17). The zero-order valence-corrected chi connectivity index (χ0v) is 8.44. The minimum atomic E-state index is -0.747. The largest absolute Gasteiger partial charge is 0.306 e. The highest BCUT2D eigenvalue weighted by molar-refractivity contribution is 6.04. The quantitative estimate of drug-likeness (QED) is 0.755. The van der Waals surface area contributed by atoms with E-state index in [-0.39, 0.29) is 16.9 Å². The Hall–Kier alpha value is -2.75. The average molecular weight is 231 g/mol. The summed E-state index contributed by atoms with van der Waals surface area (Å²) in [7, 11) is 0. The Labute approximate surface area is 95.1 Å². The number of hydrogen-bond donors (Lipinski definition) is 2. The number of carbonyl (C=O) groups excluding carboxylic acids is 1. The van der Waals surface area contributed by atoms with E-state index < -0.39 is 11.9 Å². The van der Waals surface area contributed by atoms with Gasteiger partial charge in [0, 0.05) is 17.8 Å². The van der Waals surface area contributed by atoms with Crippen LogP contribution < -0.4 is 5.32 Å². The van der Waals surface area contributed by atoms with E-state index in [1.165, 1.54) is 18.5 Å². The smallest absolute Gasteiger partial charge is 0.257 e. The van der Waals surface area contributed by atoms with E-state index in [2.05, 4.69) is 20.5 Å². The number of aromatic nitrogens is 3. The molecule has 2 aromatic rings. The molecule has 0 aliphatic carbocycles. The number of nitrogens with zero attached hydrogens (tertiary/aromatic N) is 3. The first-order chi connectivity index (χ1) is 8.20. The predicted molar refractivity (Wildman–Crippen MR) is 55.5 cm³/mol. The summed E-state index contributed by atoms with van der Waals surface area (Å²) in [5.74, 6) is -1.12. The van der Waals surface area contributed by atoms with Crippen molar-refractivity contribution in [1.82, 2.24) is 15.2 Å². The van der Waals surface area contributed by atoms with Crippen molar-refractivity contribution in [2.24, 2.45) is 0 Å². The third-order valence-corrected chi connectivity index (χ3v) is 1.99. The Balaban J connectivity index is 2.21. The van der Waals surface area contributed by atoms with Crippen LogP contribution in [0, 0.1) is 17.3 Å². The number of halogens is 1. The molecule has 17 heavy (non-hydrogen) atoms. The molecule has 0 radical (unpaired) electrons. The molecule has 6 nitrogen and oxygen atoms in total. The zero-order chi connectivity index (χ0) is 12.3. The molecule has 0 aromatic carbocycles. The van der Waals surface area contributed by atoms with Gasteiger partial charge >= 0.3 is 0 Å². The second kappa shape index (κ2) is 4.40. The highest BCUT2D eigenvalue weighted by atomic mass is 19.1. The SMILES string of the molecule is N#Cc1cn[nH]c1NC(=O)c1ccnc(F)c1. The molecule has 84 valence electrons. The van der Waals surface area contributed by atoms with E-state index in [4.69, 9.17) is 5.26 Å². The van der Waals surface area contributed by atoms with E-state index in [1.807, 2.05) is 6.07 Å². The molecule has 0 aliphatic rings. The van der Waals surface area contributed by atoms with E-state index in [1.54, 1.807) is 0 Å². The molecule has 0 spiro atoms. The number of nitrogens with one attached hydrogen (secondary N) is 2.